The maximum absolute atomic E-state index is 14.7. The summed E-state index contributed by atoms with van der Waals surface area (Å²) in [6.45, 7) is 6.15. The fraction of sp³-hybridized carbons (Fsp3) is 0.429. The van der Waals surface area contributed by atoms with Crippen LogP contribution in [0.1, 0.15) is 68.3 Å². The highest BCUT2D eigenvalue weighted by Crippen LogP contribution is 2.27. The number of hydrogen-bond acceptors (Lipinski definition) is 5. The molecule has 3 amide bonds. The molecular weight excluding hydrogens is 463 g/mol. The van der Waals surface area contributed by atoms with Gasteiger partial charge in [-0.05, 0) is 39.7 Å². The largest absolute Gasteiger partial charge is 0.380 e. The van der Waals surface area contributed by atoms with Crippen molar-refractivity contribution in [2.45, 2.75) is 64.5 Å². The normalized spacial score (nSPS) is 15.4. The van der Waals surface area contributed by atoms with Crippen molar-refractivity contribution in [1.29, 1.82) is 0 Å². The van der Waals surface area contributed by atoms with Crippen molar-refractivity contribution in [3.05, 3.63) is 70.5 Å². The van der Waals surface area contributed by atoms with Crippen LogP contribution in [0.5, 0.6) is 0 Å². The lowest BCUT2D eigenvalue weighted by Crippen LogP contribution is -2.41. The fourth-order valence-electron chi connectivity index (χ4n) is 4.38. The van der Waals surface area contributed by atoms with Gasteiger partial charge in [0.1, 0.15) is 11.9 Å². The number of rotatable bonds is 9. The Balaban J connectivity index is 1.79. The molecule has 0 saturated carbocycles. The van der Waals surface area contributed by atoms with Crippen LogP contribution in [-0.2, 0) is 42.4 Å². The number of carbonyl (C=O) groups is 4. The molecule has 0 radical (unpaired) electrons. The van der Waals surface area contributed by atoms with Gasteiger partial charge in [-0.15, -0.1) is 0 Å². The molecule has 0 bridgehead atoms. The third-order valence-electron chi connectivity index (χ3n) is 6.17. The molecule has 1 aliphatic heterocycles. The summed E-state index contributed by atoms with van der Waals surface area (Å²) in [5.74, 6) is -2.36. The molecule has 2 aromatic carbocycles. The van der Waals surface area contributed by atoms with Gasteiger partial charge in [0.25, 0.3) is 0 Å². The summed E-state index contributed by atoms with van der Waals surface area (Å²) in [6.07, 6.45) is 0.0157. The van der Waals surface area contributed by atoms with Crippen LogP contribution in [0.2, 0.25) is 0 Å². The summed E-state index contributed by atoms with van der Waals surface area (Å²) >= 11 is 0. The number of nitrogens with one attached hydrogen (secondary N) is 2. The molecule has 1 aliphatic rings. The van der Waals surface area contributed by atoms with Gasteiger partial charge in [0.2, 0.25) is 17.7 Å². The SMILES string of the molecule is COCc1ccc([C@@H](NC(=O)CC2CC(=O)NC(=O)C2)C(=O)Cc2ccc(C(C)(C)C)c(F)c2)cc1. The van der Waals surface area contributed by atoms with Gasteiger partial charge in [0, 0.05) is 32.8 Å². The third kappa shape index (κ3) is 7.31. The Kier molecular flexibility index (Phi) is 8.74. The van der Waals surface area contributed by atoms with Gasteiger partial charge in [-0.1, -0.05) is 57.2 Å². The summed E-state index contributed by atoms with van der Waals surface area (Å²) in [7, 11) is 1.58. The topological polar surface area (TPSA) is 102 Å². The van der Waals surface area contributed by atoms with Crippen molar-refractivity contribution >= 4 is 23.5 Å². The number of ketones is 1. The quantitative estimate of drug-likeness (QED) is 0.516. The lowest BCUT2D eigenvalue weighted by molar-refractivity contribution is -0.136. The van der Waals surface area contributed by atoms with Crippen molar-refractivity contribution < 1.29 is 28.3 Å². The number of methoxy groups -OCH3 is 1. The molecule has 1 fully saturated rings. The van der Waals surface area contributed by atoms with Crippen molar-refractivity contribution in [3.63, 3.8) is 0 Å². The van der Waals surface area contributed by atoms with E-state index < -0.39 is 29.7 Å². The van der Waals surface area contributed by atoms with Gasteiger partial charge in [0.05, 0.1) is 6.61 Å². The Hall–Kier alpha value is -3.39. The summed E-state index contributed by atoms with van der Waals surface area (Å²) in [6, 6.07) is 10.9. The minimum Gasteiger partial charge on any atom is -0.380 e. The first kappa shape index (κ1) is 27.2. The number of piperidine rings is 1. The Morgan fingerprint density at radius 1 is 1.06 bits per heavy atom. The molecule has 0 aromatic heterocycles. The number of imide groups is 1. The highest BCUT2D eigenvalue weighted by atomic mass is 19.1. The summed E-state index contributed by atoms with van der Waals surface area (Å²) in [5, 5.41) is 5.00. The Labute approximate surface area is 210 Å². The third-order valence-corrected chi connectivity index (χ3v) is 6.17. The highest BCUT2D eigenvalue weighted by Gasteiger charge is 2.29. The van der Waals surface area contributed by atoms with E-state index in [0.29, 0.717) is 23.3 Å². The van der Waals surface area contributed by atoms with Crippen molar-refractivity contribution in [2.24, 2.45) is 5.92 Å². The number of benzene rings is 2. The summed E-state index contributed by atoms with van der Waals surface area (Å²) < 4.78 is 19.9. The maximum atomic E-state index is 14.7. The number of Topliss-reactive ketones (excluding diaryl/α,β-unsaturated/α-hetero) is 1. The molecule has 1 saturated heterocycles. The van der Waals surface area contributed by atoms with E-state index in [1.165, 1.54) is 6.07 Å². The molecule has 1 atom stereocenters. The molecule has 1 heterocycles. The minimum atomic E-state index is -0.965. The zero-order valence-electron chi connectivity index (χ0n) is 21.2. The van der Waals surface area contributed by atoms with Crippen LogP contribution in [-0.4, -0.2) is 30.6 Å². The second-order valence-electron chi connectivity index (χ2n) is 10.3. The van der Waals surface area contributed by atoms with Gasteiger partial charge in [-0.2, -0.15) is 0 Å². The van der Waals surface area contributed by atoms with Crippen molar-refractivity contribution in [2.75, 3.05) is 7.11 Å². The van der Waals surface area contributed by atoms with E-state index in [4.69, 9.17) is 4.74 Å². The monoisotopic (exact) mass is 496 g/mol. The van der Waals surface area contributed by atoms with Crippen molar-refractivity contribution in [1.82, 2.24) is 10.6 Å². The average molecular weight is 497 g/mol. The van der Waals surface area contributed by atoms with Crippen molar-refractivity contribution in [3.8, 4) is 0 Å². The van der Waals surface area contributed by atoms with Gasteiger partial charge in [-0.25, -0.2) is 4.39 Å². The molecule has 7 nitrogen and oxygen atoms in total. The van der Waals surface area contributed by atoms with Gasteiger partial charge in [0.15, 0.2) is 5.78 Å². The van der Waals surface area contributed by atoms with Crippen LogP contribution >= 0.6 is 0 Å². The first-order valence-corrected chi connectivity index (χ1v) is 12.0. The Morgan fingerprint density at radius 2 is 1.67 bits per heavy atom. The molecule has 192 valence electrons. The summed E-state index contributed by atoms with van der Waals surface area (Å²) in [5.41, 5.74) is 2.19. The fourth-order valence-corrected chi connectivity index (χ4v) is 4.38. The van der Waals surface area contributed by atoms with E-state index in [1.54, 1.807) is 31.4 Å². The first-order valence-electron chi connectivity index (χ1n) is 12.0. The number of amides is 3. The van der Waals surface area contributed by atoms with E-state index in [1.807, 2.05) is 32.9 Å². The lowest BCUT2D eigenvalue weighted by Gasteiger charge is -2.23. The zero-order valence-corrected chi connectivity index (χ0v) is 21.2. The Morgan fingerprint density at radius 3 is 2.22 bits per heavy atom. The van der Waals surface area contributed by atoms with E-state index in [9.17, 15) is 23.6 Å². The highest BCUT2D eigenvalue weighted by molar-refractivity contribution is 5.98. The number of hydrogen-bond donors (Lipinski definition) is 2. The molecule has 3 rings (SSSR count). The molecule has 2 aromatic rings. The van der Waals surface area contributed by atoms with Gasteiger partial charge >= 0.3 is 0 Å². The van der Waals surface area contributed by atoms with Crippen LogP contribution in [0.4, 0.5) is 4.39 Å². The van der Waals surface area contributed by atoms with Crippen LogP contribution in [0.15, 0.2) is 42.5 Å². The second-order valence-corrected chi connectivity index (χ2v) is 10.3. The molecule has 36 heavy (non-hydrogen) atoms. The van der Waals surface area contributed by atoms with Crippen LogP contribution < -0.4 is 10.6 Å². The molecule has 0 aliphatic carbocycles. The van der Waals surface area contributed by atoms with E-state index in [0.717, 1.165) is 5.56 Å². The van der Waals surface area contributed by atoms with Crippen LogP contribution in [0.3, 0.4) is 0 Å². The summed E-state index contributed by atoms with van der Waals surface area (Å²) in [4.78, 5) is 49.5. The second kappa shape index (κ2) is 11.6. The van der Waals surface area contributed by atoms with E-state index >= 15 is 0 Å². The maximum Gasteiger partial charge on any atom is 0.226 e. The molecule has 0 spiro atoms. The van der Waals surface area contributed by atoms with Gasteiger partial charge in [-0.3, -0.25) is 24.5 Å². The lowest BCUT2D eigenvalue weighted by atomic mass is 9.85. The zero-order chi connectivity index (χ0) is 26.5. The minimum absolute atomic E-state index is 0.0559. The van der Waals surface area contributed by atoms with Crippen LogP contribution in [0, 0.1) is 11.7 Å². The first-order chi connectivity index (χ1) is 17.0. The number of ether oxygens (including phenoxy) is 1. The van der Waals surface area contributed by atoms with Gasteiger partial charge < -0.3 is 10.1 Å². The molecule has 0 unspecified atom stereocenters. The molecule has 8 heteroatoms. The number of carbonyl (C=O) groups excluding carboxylic acids is 4. The number of halogens is 1. The van der Waals surface area contributed by atoms with E-state index in [-0.39, 0.29) is 42.7 Å². The Bertz CT molecular complexity index is 1120. The van der Waals surface area contributed by atoms with Crippen LogP contribution in [0.25, 0.3) is 0 Å². The average Bonchev–Trinajstić information content (AvgIpc) is 2.77. The van der Waals surface area contributed by atoms with E-state index in [2.05, 4.69) is 10.6 Å². The molecule has 2 N–H and O–H groups in total. The smallest absolute Gasteiger partial charge is 0.226 e. The molecular formula is C28H33FN2O5. The predicted octanol–water partition coefficient (Wildman–Crippen LogP) is 3.68. The standard InChI is InChI=1S/C28H33FN2O5/c1-28(2,3)21-10-7-18(11-22(21)29)12-23(32)27(20-8-5-17(6-9-20)16-36-4)31-26(35)15-19-13-24(33)30-25(34)14-19/h5-11,19,27H,12-16H2,1-4H3,(H,31,35)(H,30,33,34)/t27-/m1/s1. The predicted molar refractivity (Wildman–Crippen MR) is 132 cm³/mol.